The topological polar surface area (TPSA) is 39.9 Å². The van der Waals surface area contributed by atoms with Gasteiger partial charge in [0.25, 0.3) is 0 Å². The van der Waals surface area contributed by atoms with E-state index in [1.807, 2.05) is 0 Å². The van der Waals surface area contributed by atoms with Crippen molar-refractivity contribution in [3.05, 3.63) is 15.6 Å². The molecular weight excluding hydrogens is 242 g/mol. The molecule has 1 aromatic rings. The molecule has 1 saturated heterocycles. The van der Waals surface area contributed by atoms with Gasteiger partial charge in [-0.3, -0.25) is 0 Å². The van der Waals surface area contributed by atoms with Gasteiger partial charge in [-0.2, -0.15) is 5.26 Å². The van der Waals surface area contributed by atoms with E-state index in [9.17, 15) is 5.26 Å². The Morgan fingerprint density at radius 1 is 1.50 bits per heavy atom. The fourth-order valence-electron chi connectivity index (χ4n) is 2.92. The predicted molar refractivity (Wildman–Crippen MR) is 72.8 cm³/mol. The van der Waals surface area contributed by atoms with Crippen molar-refractivity contribution < 1.29 is 0 Å². The van der Waals surface area contributed by atoms with Crippen LogP contribution in [0.5, 0.6) is 0 Å². The summed E-state index contributed by atoms with van der Waals surface area (Å²) in [6, 6.07) is 2.49. The van der Waals surface area contributed by atoms with E-state index >= 15 is 0 Å². The van der Waals surface area contributed by atoms with E-state index in [0.717, 1.165) is 25.1 Å². The van der Waals surface area contributed by atoms with Crippen LogP contribution in [0.1, 0.15) is 47.2 Å². The Bertz CT molecular complexity index is 496. The minimum absolute atomic E-state index is 0.166. The van der Waals surface area contributed by atoms with Crippen LogP contribution >= 0.6 is 11.3 Å². The molecule has 1 unspecified atom stereocenters. The molecule has 0 amide bonds. The normalized spacial score (nSPS) is 26.8. The molecule has 2 heterocycles. The highest BCUT2D eigenvalue weighted by Gasteiger charge is 2.48. The third kappa shape index (κ3) is 1.96. The molecule has 2 fully saturated rings. The lowest BCUT2D eigenvalue weighted by Crippen LogP contribution is -2.30. The van der Waals surface area contributed by atoms with Crippen molar-refractivity contribution >= 4 is 11.3 Å². The molecule has 0 radical (unpaired) electrons. The second-order valence-corrected chi connectivity index (χ2v) is 6.79. The lowest BCUT2D eigenvalue weighted by Gasteiger charge is -2.28. The molecule has 96 valence electrons. The second kappa shape index (κ2) is 4.32. The first-order valence-electron chi connectivity index (χ1n) is 6.72. The van der Waals surface area contributed by atoms with Crippen LogP contribution in [0.2, 0.25) is 0 Å². The SMILES string of the molecule is Cc1nc(C2CCCN(C)C2)sc1C1(C#N)CC1. The number of likely N-dealkylation sites (tertiary alicyclic amines) is 1. The Kier molecular flexibility index (Phi) is 2.91. The molecule has 2 aliphatic rings. The van der Waals surface area contributed by atoms with Gasteiger partial charge in [0.15, 0.2) is 0 Å². The van der Waals surface area contributed by atoms with Crippen LogP contribution in [-0.4, -0.2) is 30.0 Å². The van der Waals surface area contributed by atoms with Crippen molar-refractivity contribution in [2.75, 3.05) is 20.1 Å². The van der Waals surface area contributed by atoms with Gasteiger partial charge in [-0.25, -0.2) is 4.98 Å². The van der Waals surface area contributed by atoms with Crippen LogP contribution in [0.3, 0.4) is 0 Å². The first-order valence-corrected chi connectivity index (χ1v) is 7.54. The molecule has 18 heavy (non-hydrogen) atoms. The lowest BCUT2D eigenvalue weighted by molar-refractivity contribution is 0.250. The first kappa shape index (κ1) is 12.1. The minimum atomic E-state index is -0.166. The molecule has 1 aliphatic heterocycles. The monoisotopic (exact) mass is 261 g/mol. The fraction of sp³-hybridized carbons (Fsp3) is 0.714. The van der Waals surface area contributed by atoms with Gasteiger partial charge in [-0.05, 0) is 46.2 Å². The number of likely N-dealkylation sites (N-methyl/N-ethyl adjacent to an activating group) is 1. The summed E-state index contributed by atoms with van der Waals surface area (Å²) in [5.41, 5.74) is 0.933. The third-order valence-corrected chi connectivity index (χ3v) is 5.71. The Balaban J connectivity index is 1.86. The van der Waals surface area contributed by atoms with Crippen molar-refractivity contribution in [3.8, 4) is 6.07 Å². The van der Waals surface area contributed by atoms with Crippen LogP contribution in [0, 0.1) is 18.3 Å². The fourth-order valence-corrected chi connectivity index (χ4v) is 4.31. The van der Waals surface area contributed by atoms with Crippen LogP contribution in [0.25, 0.3) is 0 Å². The summed E-state index contributed by atoms with van der Waals surface area (Å²) in [5.74, 6) is 0.579. The number of piperidine rings is 1. The summed E-state index contributed by atoms with van der Waals surface area (Å²) in [7, 11) is 2.19. The van der Waals surface area contributed by atoms with Crippen LogP contribution in [0.4, 0.5) is 0 Å². The zero-order chi connectivity index (χ0) is 12.8. The summed E-state index contributed by atoms with van der Waals surface area (Å²) in [5, 5.41) is 10.6. The molecule has 1 saturated carbocycles. The number of rotatable bonds is 2. The van der Waals surface area contributed by atoms with Gasteiger partial charge in [-0.15, -0.1) is 11.3 Å². The minimum Gasteiger partial charge on any atom is -0.306 e. The van der Waals surface area contributed by atoms with Crippen LogP contribution in [0.15, 0.2) is 0 Å². The van der Waals surface area contributed by atoms with Gasteiger partial charge in [0.2, 0.25) is 0 Å². The quantitative estimate of drug-likeness (QED) is 0.822. The average molecular weight is 261 g/mol. The number of thiazole rings is 1. The number of hydrogen-bond acceptors (Lipinski definition) is 4. The molecule has 0 spiro atoms. The van der Waals surface area contributed by atoms with Crippen LogP contribution < -0.4 is 0 Å². The van der Waals surface area contributed by atoms with Crippen molar-refractivity contribution in [1.29, 1.82) is 5.26 Å². The van der Waals surface area contributed by atoms with Gasteiger partial charge in [0, 0.05) is 17.3 Å². The summed E-state index contributed by atoms with van der Waals surface area (Å²) >= 11 is 1.80. The molecular formula is C14H19N3S. The molecule has 4 heteroatoms. The Labute approximate surface area is 112 Å². The zero-order valence-corrected chi connectivity index (χ0v) is 11.9. The first-order chi connectivity index (χ1) is 8.64. The summed E-state index contributed by atoms with van der Waals surface area (Å²) in [6.45, 7) is 4.39. The highest BCUT2D eigenvalue weighted by Crippen LogP contribution is 2.51. The van der Waals surface area contributed by atoms with E-state index in [-0.39, 0.29) is 5.41 Å². The van der Waals surface area contributed by atoms with Gasteiger partial charge < -0.3 is 4.90 Å². The maximum Gasteiger partial charge on any atom is 0.0975 e. The Hall–Kier alpha value is -0.920. The third-order valence-electron chi connectivity index (χ3n) is 4.19. The maximum atomic E-state index is 9.32. The Morgan fingerprint density at radius 3 is 2.89 bits per heavy atom. The average Bonchev–Trinajstić information content (AvgIpc) is 3.06. The predicted octanol–water partition coefficient (Wildman–Crippen LogP) is 2.82. The van der Waals surface area contributed by atoms with Gasteiger partial charge in [-0.1, -0.05) is 0 Å². The number of hydrogen-bond donors (Lipinski definition) is 0. The zero-order valence-electron chi connectivity index (χ0n) is 11.1. The number of nitriles is 1. The molecule has 1 aliphatic carbocycles. The van der Waals surface area contributed by atoms with Crippen LogP contribution in [-0.2, 0) is 5.41 Å². The lowest BCUT2D eigenvalue weighted by atomic mass is 9.99. The molecule has 1 atom stereocenters. The molecule has 0 bridgehead atoms. The van der Waals surface area contributed by atoms with Gasteiger partial charge >= 0.3 is 0 Å². The van der Waals surface area contributed by atoms with E-state index < -0.39 is 0 Å². The second-order valence-electron chi connectivity index (χ2n) is 5.76. The van der Waals surface area contributed by atoms with Crippen molar-refractivity contribution in [3.63, 3.8) is 0 Å². The molecule has 0 N–H and O–H groups in total. The van der Waals surface area contributed by atoms with Gasteiger partial charge in [0.05, 0.1) is 22.2 Å². The summed E-state index contributed by atoms with van der Waals surface area (Å²) in [4.78, 5) is 8.40. The highest BCUT2D eigenvalue weighted by atomic mass is 32.1. The van der Waals surface area contributed by atoms with Crippen molar-refractivity contribution in [1.82, 2.24) is 9.88 Å². The largest absolute Gasteiger partial charge is 0.306 e. The summed E-state index contributed by atoms with van der Waals surface area (Å²) < 4.78 is 0. The standard InChI is InChI=1S/C14H19N3S/c1-10-12(14(9-15)5-6-14)18-13(16-10)11-4-3-7-17(2)8-11/h11H,3-8H2,1-2H3. The number of nitrogens with zero attached hydrogens (tertiary/aromatic N) is 3. The molecule has 3 nitrogen and oxygen atoms in total. The number of aryl methyl sites for hydroxylation is 1. The smallest absolute Gasteiger partial charge is 0.0975 e. The van der Waals surface area contributed by atoms with E-state index in [2.05, 4.69) is 24.9 Å². The van der Waals surface area contributed by atoms with Gasteiger partial charge in [0.1, 0.15) is 0 Å². The molecule has 1 aromatic heterocycles. The van der Waals surface area contributed by atoms with Crippen molar-refractivity contribution in [2.24, 2.45) is 0 Å². The summed E-state index contributed by atoms with van der Waals surface area (Å²) in [6.07, 6.45) is 4.56. The van der Waals surface area contributed by atoms with Crippen molar-refractivity contribution in [2.45, 2.75) is 43.9 Å². The van der Waals surface area contributed by atoms with E-state index in [1.54, 1.807) is 11.3 Å². The van der Waals surface area contributed by atoms with E-state index in [1.165, 1.54) is 29.3 Å². The van der Waals surface area contributed by atoms with E-state index in [0.29, 0.717) is 5.92 Å². The number of aromatic nitrogens is 1. The molecule has 3 rings (SSSR count). The Morgan fingerprint density at radius 2 is 2.28 bits per heavy atom. The van der Waals surface area contributed by atoms with E-state index in [4.69, 9.17) is 4.98 Å². The molecule has 0 aromatic carbocycles. The highest BCUT2D eigenvalue weighted by molar-refractivity contribution is 7.12. The maximum absolute atomic E-state index is 9.32.